The van der Waals surface area contributed by atoms with Crippen LogP contribution in [0.15, 0.2) is 40.7 Å². The standard InChI is InChI=1S/C11H11F3O3S/c1-7-3-5-9(6-4-7)18(15,16)17-8(2)10(12)11(13)14/h3-6,11H,1-2H3/b10-8-. The molecule has 0 bridgehead atoms. The highest BCUT2D eigenvalue weighted by Crippen LogP contribution is 2.21. The molecule has 1 rings (SSSR count). The van der Waals surface area contributed by atoms with Gasteiger partial charge in [0.15, 0.2) is 5.76 Å². The second-order valence-corrected chi connectivity index (χ2v) is 5.10. The van der Waals surface area contributed by atoms with E-state index < -0.39 is 28.1 Å². The molecule has 0 fully saturated rings. The number of allylic oxidation sites excluding steroid dienone is 2. The Morgan fingerprint density at radius 1 is 1.22 bits per heavy atom. The molecule has 7 heteroatoms. The van der Waals surface area contributed by atoms with Crippen molar-refractivity contribution in [1.82, 2.24) is 0 Å². The topological polar surface area (TPSA) is 43.4 Å². The number of halogens is 3. The van der Waals surface area contributed by atoms with Crippen molar-refractivity contribution in [3.05, 3.63) is 41.4 Å². The van der Waals surface area contributed by atoms with Gasteiger partial charge in [0.25, 0.3) is 6.43 Å². The van der Waals surface area contributed by atoms with Crippen LogP contribution in [0.25, 0.3) is 0 Å². The van der Waals surface area contributed by atoms with Crippen LogP contribution in [0, 0.1) is 6.92 Å². The van der Waals surface area contributed by atoms with Crippen LogP contribution in [-0.2, 0) is 14.3 Å². The second kappa shape index (κ2) is 5.43. The molecular weight excluding hydrogens is 269 g/mol. The summed E-state index contributed by atoms with van der Waals surface area (Å²) in [4.78, 5) is -0.227. The molecule has 0 spiro atoms. The van der Waals surface area contributed by atoms with Crippen molar-refractivity contribution in [3.63, 3.8) is 0 Å². The van der Waals surface area contributed by atoms with Gasteiger partial charge in [-0.25, -0.2) is 13.2 Å². The summed E-state index contributed by atoms with van der Waals surface area (Å²) < 4.78 is 64.3. The van der Waals surface area contributed by atoms with E-state index in [1.54, 1.807) is 6.92 Å². The van der Waals surface area contributed by atoms with Crippen LogP contribution < -0.4 is 0 Å². The Morgan fingerprint density at radius 2 is 1.72 bits per heavy atom. The number of aryl methyl sites for hydroxylation is 1. The molecule has 0 atom stereocenters. The Balaban J connectivity index is 3.03. The van der Waals surface area contributed by atoms with E-state index in [1.807, 2.05) is 0 Å². The first-order chi connectivity index (χ1) is 8.24. The fourth-order valence-electron chi connectivity index (χ4n) is 1.11. The van der Waals surface area contributed by atoms with E-state index in [4.69, 9.17) is 0 Å². The van der Waals surface area contributed by atoms with Crippen LogP contribution in [0.4, 0.5) is 13.2 Å². The molecule has 0 saturated carbocycles. The summed E-state index contributed by atoms with van der Waals surface area (Å²) in [5.74, 6) is -2.86. The summed E-state index contributed by atoms with van der Waals surface area (Å²) in [5, 5.41) is 0. The van der Waals surface area contributed by atoms with E-state index in [2.05, 4.69) is 4.18 Å². The van der Waals surface area contributed by atoms with Gasteiger partial charge in [-0.3, -0.25) is 0 Å². The van der Waals surface area contributed by atoms with Crippen molar-refractivity contribution in [2.45, 2.75) is 25.2 Å². The number of benzene rings is 1. The van der Waals surface area contributed by atoms with Gasteiger partial charge in [0.05, 0.1) is 0 Å². The average Bonchev–Trinajstić information content (AvgIpc) is 2.27. The van der Waals surface area contributed by atoms with Crippen molar-refractivity contribution < 1.29 is 25.8 Å². The first-order valence-electron chi connectivity index (χ1n) is 4.89. The monoisotopic (exact) mass is 280 g/mol. The number of hydrogen-bond donors (Lipinski definition) is 0. The third-order valence-electron chi connectivity index (χ3n) is 2.07. The number of alkyl halides is 2. The Kier molecular flexibility index (Phi) is 4.39. The lowest BCUT2D eigenvalue weighted by Gasteiger charge is -2.08. The first-order valence-corrected chi connectivity index (χ1v) is 6.30. The lowest BCUT2D eigenvalue weighted by molar-refractivity contribution is 0.150. The summed E-state index contributed by atoms with van der Waals surface area (Å²) in [6.45, 7) is 2.58. The maximum atomic E-state index is 12.8. The van der Waals surface area contributed by atoms with Crippen molar-refractivity contribution >= 4 is 10.1 Å². The molecule has 0 aliphatic carbocycles. The van der Waals surface area contributed by atoms with Gasteiger partial charge >= 0.3 is 10.1 Å². The molecule has 3 nitrogen and oxygen atoms in total. The van der Waals surface area contributed by atoms with Gasteiger partial charge < -0.3 is 4.18 Å². The third-order valence-corrected chi connectivity index (χ3v) is 3.39. The zero-order valence-corrected chi connectivity index (χ0v) is 10.5. The molecule has 0 heterocycles. The second-order valence-electron chi connectivity index (χ2n) is 3.56. The molecule has 0 aliphatic rings. The normalized spacial score (nSPS) is 13.4. The molecule has 0 radical (unpaired) electrons. The smallest absolute Gasteiger partial charge is 0.338 e. The van der Waals surface area contributed by atoms with E-state index in [-0.39, 0.29) is 4.90 Å². The minimum atomic E-state index is -4.29. The zero-order valence-electron chi connectivity index (χ0n) is 9.65. The summed E-state index contributed by atoms with van der Waals surface area (Å²) in [6, 6.07) is 5.52. The fourth-order valence-corrected chi connectivity index (χ4v) is 2.09. The fraction of sp³-hybridized carbons (Fsp3) is 0.273. The van der Waals surface area contributed by atoms with Gasteiger partial charge in [0, 0.05) is 0 Å². The Morgan fingerprint density at radius 3 is 2.17 bits per heavy atom. The average molecular weight is 280 g/mol. The van der Waals surface area contributed by atoms with Gasteiger partial charge in [-0.2, -0.15) is 8.42 Å². The Hall–Kier alpha value is -1.50. The molecule has 1 aromatic rings. The van der Waals surface area contributed by atoms with Crippen LogP contribution in [0.5, 0.6) is 0 Å². The number of rotatable bonds is 4. The molecule has 0 amide bonds. The van der Waals surface area contributed by atoms with E-state index in [0.717, 1.165) is 12.5 Å². The Bertz CT molecular complexity index is 547. The predicted molar refractivity (Wildman–Crippen MR) is 59.3 cm³/mol. The molecule has 0 unspecified atom stereocenters. The summed E-state index contributed by atoms with van der Waals surface area (Å²) in [7, 11) is -4.29. The van der Waals surface area contributed by atoms with E-state index in [9.17, 15) is 21.6 Å². The lowest BCUT2D eigenvalue weighted by atomic mass is 10.2. The van der Waals surface area contributed by atoms with Crippen LogP contribution in [-0.4, -0.2) is 14.8 Å². The van der Waals surface area contributed by atoms with Crippen LogP contribution in [0.3, 0.4) is 0 Å². The van der Waals surface area contributed by atoms with Crippen LogP contribution >= 0.6 is 0 Å². The molecule has 0 saturated heterocycles. The van der Waals surface area contributed by atoms with E-state index in [1.165, 1.54) is 24.3 Å². The highest BCUT2D eigenvalue weighted by atomic mass is 32.2. The SMILES string of the molecule is C/C(OS(=O)(=O)c1ccc(C)cc1)=C(/F)C(F)F. The first kappa shape index (κ1) is 14.6. The van der Waals surface area contributed by atoms with Crippen molar-refractivity contribution in [2.75, 3.05) is 0 Å². The van der Waals surface area contributed by atoms with Crippen LogP contribution in [0.1, 0.15) is 12.5 Å². The molecule has 0 aliphatic heterocycles. The molecule has 18 heavy (non-hydrogen) atoms. The van der Waals surface area contributed by atoms with Gasteiger partial charge in [-0.15, -0.1) is 0 Å². The highest BCUT2D eigenvalue weighted by Gasteiger charge is 2.22. The molecular formula is C11H11F3O3S. The van der Waals surface area contributed by atoms with Crippen LogP contribution in [0.2, 0.25) is 0 Å². The quantitative estimate of drug-likeness (QED) is 0.628. The minimum absolute atomic E-state index is 0.227. The Labute approximate surface area is 103 Å². The van der Waals surface area contributed by atoms with Crippen molar-refractivity contribution in [2.24, 2.45) is 0 Å². The minimum Gasteiger partial charge on any atom is -0.381 e. The van der Waals surface area contributed by atoms with E-state index in [0.29, 0.717) is 0 Å². The number of hydrogen-bond acceptors (Lipinski definition) is 3. The molecule has 1 aromatic carbocycles. The molecule has 0 N–H and O–H groups in total. The van der Waals surface area contributed by atoms with Gasteiger partial charge in [0.2, 0.25) is 5.83 Å². The largest absolute Gasteiger partial charge is 0.381 e. The van der Waals surface area contributed by atoms with Gasteiger partial charge in [0.1, 0.15) is 4.90 Å². The van der Waals surface area contributed by atoms with Gasteiger partial charge in [-0.1, -0.05) is 17.7 Å². The maximum Gasteiger partial charge on any atom is 0.338 e. The highest BCUT2D eigenvalue weighted by molar-refractivity contribution is 7.86. The summed E-state index contributed by atoms with van der Waals surface area (Å²) >= 11 is 0. The summed E-state index contributed by atoms with van der Waals surface area (Å²) in [5.41, 5.74) is 0.819. The van der Waals surface area contributed by atoms with Gasteiger partial charge in [-0.05, 0) is 26.0 Å². The molecule has 100 valence electrons. The zero-order chi connectivity index (χ0) is 13.9. The predicted octanol–water partition coefficient (Wildman–Crippen LogP) is 3.17. The molecule has 0 aromatic heterocycles. The summed E-state index contributed by atoms with van der Waals surface area (Å²) in [6.07, 6.45) is -3.40. The van der Waals surface area contributed by atoms with Crippen molar-refractivity contribution in [3.8, 4) is 0 Å². The lowest BCUT2D eigenvalue weighted by Crippen LogP contribution is -2.07. The van der Waals surface area contributed by atoms with Crippen molar-refractivity contribution in [1.29, 1.82) is 0 Å². The third kappa shape index (κ3) is 3.49. The van der Waals surface area contributed by atoms with E-state index >= 15 is 0 Å². The maximum absolute atomic E-state index is 12.8.